The van der Waals surface area contributed by atoms with Gasteiger partial charge in [-0.15, -0.1) is 0 Å². The van der Waals surface area contributed by atoms with Crippen molar-refractivity contribution < 1.29 is 0 Å². The van der Waals surface area contributed by atoms with Crippen molar-refractivity contribution in [3.05, 3.63) is 35.4 Å². The van der Waals surface area contributed by atoms with E-state index >= 15 is 0 Å². The number of aromatic nitrogens is 4. The number of nitrogens with zero attached hydrogens (tertiary/aromatic N) is 4. The van der Waals surface area contributed by atoms with Crippen molar-refractivity contribution in [1.29, 1.82) is 0 Å². The third-order valence-electron chi connectivity index (χ3n) is 3.13. The Morgan fingerprint density at radius 2 is 2.22 bits per heavy atom. The molecule has 1 unspecified atom stereocenters. The molecular weight excluding hydrogens is 226 g/mol. The predicted octanol–water partition coefficient (Wildman–Crippen LogP) is 1.64. The molecule has 0 aromatic carbocycles. The summed E-state index contributed by atoms with van der Waals surface area (Å²) in [5.41, 5.74) is 3.45. The summed E-state index contributed by atoms with van der Waals surface area (Å²) in [5.74, 6) is 0. The molecule has 0 fully saturated rings. The molecule has 2 rings (SSSR count). The van der Waals surface area contributed by atoms with Crippen molar-refractivity contribution >= 4 is 0 Å². The summed E-state index contributed by atoms with van der Waals surface area (Å²) in [6, 6.07) is 2.22. The van der Waals surface area contributed by atoms with E-state index in [-0.39, 0.29) is 6.04 Å². The molecule has 0 spiro atoms. The largest absolute Gasteiger partial charge is 0.308 e. The molecule has 2 aromatic heterocycles. The van der Waals surface area contributed by atoms with Crippen LogP contribution in [0.4, 0.5) is 0 Å². The van der Waals surface area contributed by atoms with Crippen LogP contribution in [0.15, 0.2) is 18.5 Å². The van der Waals surface area contributed by atoms with E-state index in [1.807, 2.05) is 31.9 Å². The van der Waals surface area contributed by atoms with Crippen LogP contribution in [0, 0.1) is 6.92 Å². The Kier molecular flexibility index (Phi) is 3.81. The van der Waals surface area contributed by atoms with Crippen LogP contribution in [0.1, 0.15) is 36.3 Å². The summed E-state index contributed by atoms with van der Waals surface area (Å²) < 4.78 is 3.92. The van der Waals surface area contributed by atoms with Crippen molar-refractivity contribution in [2.24, 2.45) is 7.05 Å². The molecule has 0 saturated carbocycles. The monoisotopic (exact) mass is 247 g/mol. The fourth-order valence-electron chi connectivity index (χ4n) is 2.35. The highest BCUT2D eigenvalue weighted by Gasteiger charge is 2.20. The van der Waals surface area contributed by atoms with Gasteiger partial charge in [-0.05, 0) is 26.5 Å². The molecule has 2 heterocycles. The normalized spacial score (nSPS) is 12.9. The topological polar surface area (TPSA) is 47.7 Å². The van der Waals surface area contributed by atoms with E-state index < -0.39 is 0 Å². The van der Waals surface area contributed by atoms with Crippen molar-refractivity contribution in [2.45, 2.75) is 32.9 Å². The molecule has 0 amide bonds. The lowest BCUT2D eigenvalue weighted by molar-refractivity contribution is 0.533. The van der Waals surface area contributed by atoms with Gasteiger partial charge >= 0.3 is 0 Å². The Hall–Kier alpha value is -1.62. The van der Waals surface area contributed by atoms with E-state index in [1.165, 1.54) is 11.3 Å². The quantitative estimate of drug-likeness (QED) is 0.874. The number of nitrogens with one attached hydrogen (secondary N) is 1. The van der Waals surface area contributed by atoms with Gasteiger partial charge in [0.05, 0.1) is 17.4 Å². The number of hydrogen-bond acceptors (Lipinski definition) is 3. The van der Waals surface area contributed by atoms with Gasteiger partial charge in [0.25, 0.3) is 0 Å². The molecule has 18 heavy (non-hydrogen) atoms. The van der Waals surface area contributed by atoms with Gasteiger partial charge in [0.2, 0.25) is 0 Å². The van der Waals surface area contributed by atoms with E-state index in [2.05, 4.69) is 39.4 Å². The summed E-state index contributed by atoms with van der Waals surface area (Å²) in [4.78, 5) is 0. The van der Waals surface area contributed by atoms with Crippen molar-refractivity contribution in [1.82, 2.24) is 24.9 Å². The summed E-state index contributed by atoms with van der Waals surface area (Å²) in [7, 11) is 3.92. The van der Waals surface area contributed by atoms with Gasteiger partial charge in [0.15, 0.2) is 0 Å². The van der Waals surface area contributed by atoms with E-state index in [0.717, 1.165) is 18.7 Å². The molecule has 0 saturated heterocycles. The molecule has 5 nitrogen and oxygen atoms in total. The van der Waals surface area contributed by atoms with Crippen LogP contribution in [-0.4, -0.2) is 26.6 Å². The van der Waals surface area contributed by atoms with Gasteiger partial charge in [-0.3, -0.25) is 9.36 Å². The van der Waals surface area contributed by atoms with Crippen LogP contribution < -0.4 is 5.32 Å². The lowest BCUT2D eigenvalue weighted by Crippen LogP contribution is -2.22. The SMILES string of the molecule is CCCn1nccc1C(NC)c1cn(C)nc1C. The van der Waals surface area contributed by atoms with Crippen molar-refractivity contribution in [2.75, 3.05) is 7.05 Å². The van der Waals surface area contributed by atoms with Crippen molar-refractivity contribution in [3.63, 3.8) is 0 Å². The molecule has 0 aliphatic rings. The lowest BCUT2D eigenvalue weighted by atomic mass is 10.1. The van der Waals surface area contributed by atoms with Gasteiger partial charge in [0, 0.05) is 31.5 Å². The summed E-state index contributed by atoms with van der Waals surface area (Å²) >= 11 is 0. The maximum absolute atomic E-state index is 4.41. The highest BCUT2D eigenvalue weighted by atomic mass is 15.3. The molecule has 0 bridgehead atoms. The summed E-state index contributed by atoms with van der Waals surface area (Å²) in [5, 5.41) is 12.2. The number of hydrogen-bond donors (Lipinski definition) is 1. The van der Waals surface area contributed by atoms with Gasteiger partial charge < -0.3 is 5.32 Å². The standard InChI is InChI=1S/C13H21N5/c1-5-8-18-12(6-7-15-18)13(14-3)11-9-17(4)16-10(11)2/h6-7,9,13-14H,5,8H2,1-4H3. The van der Waals surface area contributed by atoms with Gasteiger partial charge in [-0.25, -0.2) is 0 Å². The van der Waals surface area contributed by atoms with E-state index in [0.29, 0.717) is 0 Å². The molecule has 2 aromatic rings. The minimum atomic E-state index is 0.146. The average Bonchev–Trinajstić information content (AvgIpc) is 2.89. The Morgan fingerprint density at radius 3 is 2.78 bits per heavy atom. The van der Waals surface area contributed by atoms with Gasteiger partial charge in [0.1, 0.15) is 0 Å². The second-order valence-electron chi connectivity index (χ2n) is 4.54. The first kappa shape index (κ1) is 12.8. The fourth-order valence-corrected chi connectivity index (χ4v) is 2.35. The molecule has 5 heteroatoms. The molecular formula is C13H21N5. The Balaban J connectivity index is 2.39. The molecule has 0 aliphatic carbocycles. The summed E-state index contributed by atoms with van der Waals surface area (Å²) in [6.07, 6.45) is 5.01. The first-order chi connectivity index (χ1) is 8.67. The second-order valence-corrected chi connectivity index (χ2v) is 4.54. The van der Waals surface area contributed by atoms with E-state index in [1.54, 1.807) is 0 Å². The Labute approximate surface area is 108 Å². The molecule has 98 valence electrons. The predicted molar refractivity (Wildman–Crippen MR) is 71.4 cm³/mol. The first-order valence-electron chi connectivity index (χ1n) is 6.36. The van der Waals surface area contributed by atoms with Crippen LogP contribution in [0.5, 0.6) is 0 Å². The third kappa shape index (κ3) is 2.31. The molecule has 0 radical (unpaired) electrons. The van der Waals surface area contributed by atoms with Gasteiger partial charge in [-0.1, -0.05) is 6.92 Å². The average molecular weight is 247 g/mol. The zero-order valence-corrected chi connectivity index (χ0v) is 11.5. The van der Waals surface area contributed by atoms with Crippen LogP contribution >= 0.6 is 0 Å². The number of rotatable bonds is 5. The highest BCUT2D eigenvalue weighted by molar-refractivity contribution is 5.28. The molecule has 1 atom stereocenters. The minimum Gasteiger partial charge on any atom is -0.308 e. The van der Waals surface area contributed by atoms with Crippen LogP contribution in [-0.2, 0) is 13.6 Å². The van der Waals surface area contributed by atoms with E-state index in [4.69, 9.17) is 0 Å². The summed E-state index contributed by atoms with van der Waals surface area (Å²) in [6.45, 7) is 5.15. The third-order valence-corrected chi connectivity index (χ3v) is 3.13. The zero-order chi connectivity index (χ0) is 13.1. The first-order valence-corrected chi connectivity index (χ1v) is 6.36. The lowest BCUT2D eigenvalue weighted by Gasteiger charge is -2.17. The smallest absolute Gasteiger partial charge is 0.0779 e. The minimum absolute atomic E-state index is 0.146. The van der Waals surface area contributed by atoms with Crippen LogP contribution in [0.2, 0.25) is 0 Å². The zero-order valence-electron chi connectivity index (χ0n) is 11.5. The maximum atomic E-state index is 4.41. The van der Waals surface area contributed by atoms with Crippen LogP contribution in [0.25, 0.3) is 0 Å². The van der Waals surface area contributed by atoms with Crippen molar-refractivity contribution in [3.8, 4) is 0 Å². The maximum Gasteiger partial charge on any atom is 0.0779 e. The number of aryl methyl sites for hydroxylation is 3. The van der Waals surface area contributed by atoms with Gasteiger partial charge in [-0.2, -0.15) is 10.2 Å². The Morgan fingerprint density at radius 1 is 1.44 bits per heavy atom. The Bertz CT molecular complexity index is 511. The van der Waals surface area contributed by atoms with Crippen LogP contribution in [0.3, 0.4) is 0 Å². The molecule has 1 N–H and O–H groups in total. The fraction of sp³-hybridized carbons (Fsp3) is 0.538. The molecule has 0 aliphatic heterocycles. The van der Waals surface area contributed by atoms with E-state index in [9.17, 15) is 0 Å². The highest BCUT2D eigenvalue weighted by Crippen LogP contribution is 2.23. The second kappa shape index (κ2) is 5.35.